The zero-order valence-corrected chi connectivity index (χ0v) is 11.4. The molecule has 98 valence electrons. The van der Waals surface area contributed by atoms with Crippen LogP contribution in [0.1, 0.15) is 17.3 Å². The van der Waals surface area contributed by atoms with Crippen molar-refractivity contribution in [3.8, 4) is 0 Å². The van der Waals surface area contributed by atoms with E-state index in [1.165, 1.54) is 0 Å². The van der Waals surface area contributed by atoms with Crippen LogP contribution in [0.2, 0.25) is 5.02 Å². The van der Waals surface area contributed by atoms with Gasteiger partial charge in [0.05, 0.1) is 10.6 Å². The summed E-state index contributed by atoms with van der Waals surface area (Å²) in [5.41, 5.74) is 6.77. The van der Waals surface area contributed by atoms with Crippen LogP contribution in [0.25, 0.3) is 0 Å². The molecule has 0 aliphatic carbocycles. The molecule has 1 unspecified atom stereocenters. The molecule has 1 aromatic carbocycles. The fraction of sp³-hybridized carbons (Fsp3) is 0.462. The minimum absolute atomic E-state index is 0.0344. The maximum Gasteiger partial charge on any atom is 0.255 e. The highest BCUT2D eigenvalue weighted by Crippen LogP contribution is 2.22. The van der Waals surface area contributed by atoms with E-state index in [9.17, 15) is 4.79 Å². The molecular formula is C13H18ClN3O. The van der Waals surface area contributed by atoms with E-state index in [1.54, 1.807) is 18.2 Å². The molecule has 5 heteroatoms. The van der Waals surface area contributed by atoms with Gasteiger partial charge < -0.3 is 15.5 Å². The van der Waals surface area contributed by atoms with Gasteiger partial charge in [-0.15, -0.1) is 0 Å². The number of hydrogen-bond acceptors (Lipinski definition) is 3. The van der Waals surface area contributed by atoms with Crippen molar-refractivity contribution in [1.82, 2.24) is 9.80 Å². The van der Waals surface area contributed by atoms with Gasteiger partial charge in [0.1, 0.15) is 0 Å². The van der Waals surface area contributed by atoms with Gasteiger partial charge in [-0.3, -0.25) is 4.79 Å². The van der Waals surface area contributed by atoms with Crippen LogP contribution in [0.3, 0.4) is 0 Å². The van der Waals surface area contributed by atoms with Gasteiger partial charge in [0.2, 0.25) is 0 Å². The van der Waals surface area contributed by atoms with Crippen LogP contribution in [-0.4, -0.2) is 48.4 Å². The van der Waals surface area contributed by atoms with Gasteiger partial charge in [-0.2, -0.15) is 0 Å². The van der Waals surface area contributed by atoms with Gasteiger partial charge in [0.25, 0.3) is 5.91 Å². The first-order valence-corrected chi connectivity index (χ1v) is 6.41. The summed E-state index contributed by atoms with van der Waals surface area (Å²) in [6.45, 7) is 4.54. The lowest BCUT2D eigenvalue weighted by molar-refractivity contribution is 0.0534. The second kappa shape index (κ2) is 5.16. The number of nitrogen functional groups attached to an aromatic ring is 1. The second-order valence-electron chi connectivity index (χ2n) is 4.85. The van der Waals surface area contributed by atoms with Crippen molar-refractivity contribution in [2.75, 3.05) is 32.4 Å². The van der Waals surface area contributed by atoms with E-state index in [0.29, 0.717) is 16.3 Å². The minimum Gasteiger partial charge on any atom is -0.399 e. The molecule has 1 aromatic rings. The van der Waals surface area contributed by atoms with Crippen molar-refractivity contribution in [2.45, 2.75) is 13.0 Å². The summed E-state index contributed by atoms with van der Waals surface area (Å²) >= 11 is 6.07. The number of carbonyl (C=O) groups excluding carboxylic acids is 1. The van der Waals surface area contributed by atoms with Crippen molar-refractivity contribution in [2.24, 2.45) is 0 Å². The molecule has 1 fully saturated rings. The summed E-state index contributed by atoms with van der Waals surface area (Å²) in [5, 5.41) is 0.459. The Kier molecular flexibility index (Phi) is 3.78. The van der Waals surface area contributed by atoms with Gasteiger partial charge in [0.15, 0.2) is 0 Å². The molecule has 4 nitrogen and oxygen atoms in total. The first kappa shape index (κ1) is 13.2. The summed E-state index contributed by atoms with van der Waals surface area (Å²) < 4.78 is 0. The normalized spacial score (nSPS) is 21.1. The van der Waals surface area contributed by atoms with Crippen LogP contribution in [0, 0.1) is 0 Å². The van der Waals surface area contributed by atoms with Crippen molar-refractivity contribution < 1.29 is 4.79 Å². The second-order valence-corrected chi connectivity index (χ2v) is 5.26. The third-order valence-electron chi connectivity index (χ3n) is 3.31. The number of halogens is 1. The lowest BCUT2D eigenvalue weighted by Gasteiger charge is -2.38. The van der Waals surface area contributed by atoms with Gasteiger partial charge in [-0.1, -0.05) is 11.6 Å². The van der Waals surface area contributed by atoms with E-state index in [4.69, 9.17) is 17.3 Å². The third-order valence-corrected chi connectivity index (χ3v) is 3.64. The lowest BCUT2D eigenvalue weighted by Crippen LogP contribution is -2.52. The molecule has 0 aromatic heterocycles. The fourth-order valence-electron chi connectivity index (χ4n) is 2.30. The van der Waals surface area contributed by atoms with Gasteiger partial charge >= 0.3 is 0 Å². The van der Waals surface area contributed by atoms with E-state index in [1.807, 2.05) is 11.8 Å². The molecule has 0 bridgehead atoms. The lowest BCUT2D eigenvalue weighted by atomic mass is 10.1. The van der Waals surface area contributed by atoms with Gasteiger partial charge in [-0.05, 0) is 32.2 Å². The van der Waals surface area contributed by atoms with Crippen LogP contribution < -0.4 is 5.73 Å². The van der Waals surface area contributed by atoms with Crippen molar-refractivity contribution in [1.29, 1.82) is 0 Å². The number of carbonyl (C=O) groups is 1. The molecule has 1 aliphatic rings. The van der Waals surface area contributed by atoms with E-state index >= 15 is 0 Å². The first-order valence-electron chi connectivity index (χ1n) is 6.03. The third kappa shape index (κ3) is 2.60. The Morgan fingerprint density at radius 2 is 2.17 bits per heavy atom. The minimum atomic E-state index is -0.0344. The van der Waals surface area contributed by atoms with Crippen LogP contribution in [0.4, 0.5) is 5.69 Å². The number of piperazine rings is 1. The Balaban J connectivity index is 2.23. The number of amides is 1. The predicted octanol–water partition coefficient (Wildman–Crippen LogP) is 1.70. The maximum atomic E-state index is 12.5. The number of hydrogen-bond donors (Lipinski definition) is 1. The van der Waals surface area contributed by atoms with Crippen LogP contribution in [0.5, 0.6) is 0 Å². The topological polar surface area (TPSA) is 49.6 Å². The van der Waals surface area contributed by atoms with Gasteiger partial charge in [0, 0.05) is 31.4 Å². The fourth-order valence-corrected chi connectivity index (χ4v) is 2.50. The Labute approximate surface area is 112 Å². The zero-order chi connectivity index (χ0) is 13.3. The van der Waals surface area contributed by atoms with Crippen molar-refractivity contribution >= 4 is 23.2 Å². The van der Waals surface area contributed by atoms with Crippen molar-refractivity contribution in [3.05, 3.63) is 28.8 Å². The first-order chi connectivity index (χ1) is 8.49. The Hall–Kier alpha value is -1.26. The molecular weight excluding hydrogens is 250 g/mol. The standard InChI is InChI=1S/C13H18ClN3O/c1-9-8-16(2)5-6-17(9)13(18)11-7-10(15)3-4-12(11)14/h3-4,7,9H,5-6,8,15H2,1-2H3. The highest BCUT2D eigenvalue weighted by Gasteiger charge is 2.27. The Morgan fingerprint density at radius 1 is 1.44 bits per heavy atom. The molecule has 2 rings (SSSR count). The average molecular weight is 268 g/mol. The smallest absolute Gasteiger partial charge is 0.255 e. The molecule has 0 saturated carbocycles. The molecule has 0 radical (unpaired) electrons. The highest BCUT2D eigenvalue weighted by atomic mass is 35.5. The van der Waals surface area contributed by atoms with Crippen LogP contribution in [0.15, 0.2) is 18.2 Å². The average Bonchev–Trinajstić information content (AvgIpc) is 2.31. The molecule has 1 amide bonds. The number of rotatable bonds is 1. The van der Waals surface area contributed by atoms with E-state index < -0.39 is 0 Å². The van der Waals surface area contributed by atoms with Crippen molar-refractivity contribution in [3.63, 3.8) is 0 Å². The van der Waals surface area contributed by atoms with E-state index in [0.717, 1.165) is 19.6 Å². The number of nitrogens with two attached hydrogens (primary N) is 1. The monoisotopic (exact) mass is 267 g/mol. The number of benzene rings is 1. The van der Waals surface area contributed by atoms with Crippen LogP contribution >= 0.6 is 11.6 Å². The Morgan fingerprint density at radius 3 is 2.83 bits per heavy atom. The zero-order valence-electron chi connectivity index (χ0n) is 10.7. The summed E-state index contributed by atoms with van der Waals surface area (Å²) in [4.78, 5) is 16.5. The number of nitrogens with zero attached hydrogens (tertiary/aromatic N) is 2. The molecule has 18 heavy (non-hydrogen) atoms. The summed E-state index contributed by atoms with van der Waals surface area (Å²) in [6, 6.07) is 5.21. The van der Waals surface area contributed by atoms with E-state index in [2.05, 4.69) is 11.9 Å². The molecule has 1 atom stereocenters. The Bertz CT molecular complexity index is 464. The molecule has 2 N–H and O–H groups in total. The summed E-state index contributed by atoms with van der Waals surface area (Å²) in [6.07, 6.45) is 0. The molecule has 1 aliphatic heterocycles. The van der Waals surface area contributed by atoms with Crippen LogP contribution in [-0.2, 0) is 0 Å². The molecule has 1 heterocycles. The molecule has 1 saturated heterocycles. The van der Waals surface area contributed by atoms with Gasteiger partial charge in [-0.25, -0.2) is 0 Å². The highest BCUT2D eigenvalue weighted by molar-refractivity contribution is 6.34. The largest absolute Gasteiger partial charge is 0.399 e. The van der Waals surface area contributed by atoms with E-state index in [-0.39, 0.29) is 11.9 Å². The quantitative estimate of drug-likeness (QED) is 0.788. The maximum absolute atomic E-state index is 12.5. The SMILES string of the molecule is CC1CN(C)CCN1C(=O)c1cc(N)ccc1Cl. The molecule has 0 spiro atoms. The number of likely N-dealkylation sites (N-methyl/N-ethyl adjacent to an activating group) is 1. The summed E-state index contributed by atoms with van der Waals surface area (Å²) in [7, 11) is 2.06. The predicted molar refractivity (Wildman–Crippen MR) is 73.9 cm³/mol. The summed E-state index contributed by atoms with van der Waals surface area (Å²) in [5.74, 6) is -0.0344. The number of anilines is 1.